The first kappa shape index (κ1) is 17.5. The Balaban J connectivity index is 1.84. The van der Waals surface area contributed by atoms with Gasteiger partial charge < -0.3 is 19.3 Å². The van der Waals surface area contributed by atoms with Crippen molar-refractivity contribution in [3.63, 3.8) is 0 Å². The minimum absolute atomic E-state index is 0.161. The van der Waals surface area contributed by atoms with Gasteiger partial charge in [0.25, 0.3) is 5.56 Å². The maximum Gasteiger partial charge on any atom is 0.297 e. The number of hydrogen-bond acceptors (Lipinski definition) is 7. The van der Waals surface area contributed by atoms with Gasteiger partial charge in [0.05, 0.1) is 25.3 Å². The van der Waals surface area contributed by atoms with Crippen LogP contribution in [-0.2, 0) is 11.3 Å². The molecule has 136 valence electrons. The van der Waals surface area contributed by atoms with E-state index >= 15 is 0 Å². The third-order valence-electron chi connectivity index (χ3n) is 3.89. The Kier molecular flexibility index (Phi) is 4.61. The van der Waals surface area contributed by atoms with Crippen LogP contribution in [0.2, 0.25) is 0 Å². The predicted molar refractivity (Wildman–Crippen MR) is 93.7 cm³/mol. The number of ether oxygens (including phenoxy) is 2. The third-order valence-corrected chi connectivity index (χ3v) is 3.89. The maximum absolute atomic E-state index is 12.4. The van der Waals surface area contributed by atoms with Gasteiger partial charge in [-0.05, 0) is 26.0 Å². The average molecular weight is 358 g/mol. The van der Waals surface area contributed by atoms with E-state index in [0.29, 0.717) is 34.0 Å². The lowest BCUT2D eigenvalue weighted by Crippen LogP contribution is -2.30. The van der Waals surface area contributed by atoms with Gasteiger partial charge in [0.2, 0.25) is 5.91 Å². The molecule has 0 saturated carbocycles. The number of methoxy groups -OCH3 is 2. The van der Waals surface area contributed by atoms with Crippen LogP contribution in [0.5, 0.6) is 11.5 Å². The molecule has 2 aromatic heterocycles. The fourth-order valence-corrected chi connectivity index (χ4v) is 2.70. The van der Waals surface area contributed by atoms with Crippen LogP contribution in [-0.4, -0.2) is 35.1 Å². The molecule has 2 heterocycles. The van der Waals surface area contributed by atoms with Crippen LogP contribution in [0.25, 0.3) is 10.9 Å². The van der Waals surface area contributed by atoms with Gasteiger partial charge in [-0.3, -0.25) is 9.59 Å². The monoisotopic (exact) mass is 358 g/mol. The minimum Gasteiger partial charge on any atom is -0.493 e. The molecule has 0 aliphatic carbocycles. The number of amides is 1. The van der Waals surface area contributed by atoms with Gasteiger partial charge in [-0.15, -0.1) is 0 Å². The second-order valence-corrected chi connectivity index (χ2v) is 5.63. The average Bonchev–Trinajstić information content (AvgIpc) is 3.01. The van der Waals surface area contributed by atoms with Gasteiger partial charge in [-0.25, -0.2) is 4.68 Å². The molecule has 0 unspecified atom stereocenters. The molecule has 0 spiro atoms. The first-order valence-electron chi connectivity index (χ1n) is 7.80. The van der Waals surface area contributed by atoms with Gasteiger partial charge in [0, 0.05) is 11.8 Å². The van der Waals surface area contributed by atoms with E-state index in [-0.39, 0.29) is 12.1 Å². The Morgan fingerprint density at radius 3 is 2.65 bits per heavy atom. The summed E-state index contributed by atoms with van der Waals surface area (Å²) < 4.78 is 16.5. The Bertz CT molecular complexity index is 1040. The SMILES string of the molecule is COc1ccc(NC(=O)Cn2nc(C)c3c(C)onc3c2=O)cc1OC. The molecule has 0 aliphatic heterocycles. The summed E-state index contributed by atoms with van der Waals surface area (Å²) in [6.45, 7) is 3.18. The smallest absolute Gasteiger partial charge is 0.297 e. The molecule has 9 heteroatoms. The van der Waals surface area contributed by atoms with E-state index in [9.17, 15) is 9.59 Å². The molecule has 1 aromatic carbocycles. The van der Waals surface area contributed by atoms with E-state index in [2.05, 4.69) is 15.6 Å². The zero-order valence-corrected chi connectivity index (χ0v) is 14.8. The van der Waals surface area contributed by atoms with Crippen molar-refractivity contribution in [2.24, 2.45) is 0 Å². The van der Waals surface area contributed by atoms with Gasteiger partial charge in [0.1, 0.15) is 12.3 Å². The van der Waals surface area contributed by atoms with E-state index in [1.807, 2.05) is 0 Å². The second kappa shape index (κ2) is 6.87. The lowest BCUT2D eigenvalue weighted by atomic mass is 10.2. The Hall–Kier alpha value is -3.36. The summed E-state index contributed by atoms with van der Waals surface area (Å²) in [5.74, 6) is 1.14. The van der Waals surface area contributed by atoms with Crippen molar-refractivity contribution in [3.05, 3.63) is 40.0 Å². The number of rotatable bonds is 5. The molecule has 3 aromatic rings. The largest absolute Gasteiger partial charge is 0.493 e. The van der Waals surface area contributed by atoms with Crippen molar-refractivity contribution < 1.29 is 18.8 Å². The van der Waals surface area contributed by atoms with Crippen molar-refractivity contribution in [2.45, 2.75) is 20.4 Å². The highest BCUT2D eigenvalue weighted by Gasteiger charge is 2.17. The predicted octanol–water partition coefficient (Wildman–Crippen LogP) is 1.66. The highest BCUT2D eigenvalue weighted by atomic mass is 16.5. The topological polar surface area (TPSA) is 108 Å². The number of carbonyl (C=O) groups excluding carboxylic acids is 1. The molecule has 26 heavy (non-hydrogen) atoms. The molecule has 1 amide bonds. The summed E-state index contributed by atoms with van der Waals surface area (Å²) in [6, 6.07) is 4.97. The number of hydrogen-bond donors (Lipinski definition) is 1. The molecule has 0 fully saturated rings. The second-order valence-electron chi connectivity index (χ2n) is 5.63. The zero-order chi connectivity index (χ0) is 18.8. The van der Waals surface area contributed by atoms with Crippen molar-refractivity contribution in [1.29, 1.82) is 0 Å². The number of aryl methyl sites for hydroxylation is 2. The fraction of sp³-hybridized carbons (Fsp3) is 0.294. The van der Waals surface area contributed by atoms with Crippen LogP contribution < -0.4 is 20.3 Å². The van der Waals surface area contributed by atoms with E-state index in [1.54, 1.807) is 32.0 Å². The Morgan fingerprint density at radius 2 is 1.96 bits per heavy atom. The number of nitrogens with zero attached hydrogens (tertiary/aromatic N) is 3. The molecule has 3 rings (SSSR count). The molecular weight excluding hydrogens is 340 g/mol. The van der Waals surface area contributed by atoms with E-state index < -0.39 is 11.5 Å². The van der Waals surface area contributed by atoms with Crippen molar-refractivity contribution in [2.75, 3.05) is 19.5 Å². The molecule has 0 aliphatic rings. The van der Waals surface area contributed by atoms with Crippen LogP contribution in [0.1, 0.15) is 11.5 Å². The molecule has 9 nitrogen and oxygen atoms in total. The number of nitrogens with one attached hydrogen (secondary N) is 1. The zero-order valence-electron chi connectivity index (χ0n) is 14.8. The summed E-state index contributed by atoms with van der Waals surface area (Å²) >= 11 is 0. The van der Waals surface area contributed by atoms with Gasteiger partial charge in [-0.2, -0.15) is 5.10 Å². The van der Waals surface area contributed by atoms with Crippen LogP contribution in [0.3, 0.4) is 0 Å². The van der Waals surface area contributed by atoms with E-state index in [0.717, 1.165) is 4.68 Å². The van der Waals surface area contributed by atoms with Crippen LogP contribution >= 0.6 is 0 Å². The summed E-state index contributed by atoms with van der Waals surface area (Å²) in [4.78, 5) is 24.7. The number of aromatic nitrogens is 3. The molecule has 0 bridgehead atoms. The van der Waals surface area contributed by atoms with Crippen molar-refractivity contribution >= 4 is 22.5 Å². The number of benzene rings is 1. The van der Waals surface area contributed by atoms with Crippen molar-refractivity contribution in [1.82, 2.24) is 14.9 Å². The number of fused-ring (bicyclic) bond motifs is 1. The van der Waals surface area contributed by atoms with Crippen molar-refractivity contribution in [3.8, 4) is 11.5 Å². The molecular formula is C17H18N4O5. The van der Waals surface area contributed by atoms with Crippen LogP contribution in [0.15, 0.2) is 27.5 Å². The maximum atomic E-state index is 12.4. The highest BCUT2D eigenvalue weighted by molar-refractivity contribution is 5.91. The highest BCUT2D eigenvalue weighted by Crippen LogP contribution is 2.29. The molecule has 0 radical (unpaired) electrons. The van der Waals surface area contributed by atoms with E-state index in [4.69, 9.17) is 14.0 Å². The fourth-order valence-electron chi connectivity index (χ4n) is 2.70. The van der Waals surface area contributed by atoms with Gasteiger partial charge in [-0.1, -0.05) is 5.16 Å². The van der Waals surface area contributed by atoms with E-state index in [1.165, 1.54) is 14.2 Å². The normalized spacial score (nSPS) is 10.8. The first-order valence-corrected chi connectivity index (χ1v) is 7.80. The summed E-state index contributed by atoms with van der Waals surface area (Å²) in [7, 11) is 3.03. The number of anilines is 1. The van der Waals surface area contributed by atoms with Gasteiger partial charge >= 0.3 is 0 Å². The Morgan fingerprint density at radius 1 is 1.23 bits per heavy atom. The summed E-state index contributed by atoms with van der Waals surface area (Å²) in [5, 5.41) is 11.2. The first-order chi connectivity index (χ1) is 12.4. The summed E-state index contributed by atoms with van der Waals surface area (Å²) in [6.07, 6.45) is 0. The van der Waals surface area contributed by atoms with Crippen LogP contribution in [0.4, 0.5) is 5.69 Å². The molecule has 1 N–H and O–H groups in total. The lowest BCUT2D eigenvalue weighted by molar-refractivity contribution is -0.117. The van der Waals surface area contributed by atoms with Crippen LogP contribution in [0, 0.1) is 13.8 Å². The molecule has 0 saturated heterocycles. The minimum atomic E-state index is -0.482. The summed E-state index contributed by atoms with van der Waals surface area (Å²) in [5.41, 5.74) is 0.756. The number of carbonyl (C=O) groups is 1. The lowest BCUT2D eigenvalue weighted by Gasteiger charge is -2.11. The quantitative estimate of drug-likeness (QED) is 0.739. The Labute approximate surface area is 148 Å². The third kappa shape index (κ3) is 3.10. The standard InChI is InChI=1S/C17H18N4O5/c1-9-15-10(2)26-20-16(15)17(23)21(19-9)8-14(22)18-11-5-6-12(24-3)13(7-11)25-4/h5-7H,8H2,1-4H3,(H,18,22). The molecule has 0 atom stereocenters. The van der Waals surface area contributed by atoms with Gasteiger partial charge in [0.15, 0.2) is 17.0 Å².